The molecule has 0 aliphatic carbocycles. The van der Waals surface area contributed by atoms with Crippen LogP contribution in [0.1, 0.15) is 22.9 Å². The molecule has 0 saturated heterocycles. The van der Waals surface area contributed by atoms with Crippen LogP contribution in [0.5, 0.6) is 17.2 Å². The van der Waals surface area contributed by atoms with Gasteiger partial charge in [0.05, 0.1) is 12.7 Å². The highest BCUT2D eigenvalue weighted by atomic mass is 19.4. The van der Waals surface area contributed by atoms with E-state index < -0.39 is 11.7 Å². The van der Waals surface area contributed by atoms with Crippen molar-refractivity contribution in [3.63, 3.8) is 0 Å². The van der Waals surface area contributed by atoms with Gasteiger partial charge in [0, 0.05) is 17.8 Å². The van der Waals surface area contributed by atoms with Gasteiger partial charge in [-0.25, -0.2) is 0 Å². The van der Waals surface area contributed by atoms with E-state index in [4.69, 9.17) is 14.2 Å². The van der Waals surface area contributed by atoms with Crippen molar-refractivity contribution in [2.75, 3.05) is 32.8 Å². The zero-order chi connectivity index (χ0) is 19.2. The Bertz CT molecular complexity index is 870. The Morgan fingerprint density at radius 3 is 2.78 bits per heavy atom. The SMILES string of the molecule is COc1c2c(cc3c1C(Nc1cccc(C(F)(F)F)c1)N(C)CC3)OCO2. The number of nitrogens with zero attached hydrogens (tertiary/aromatic N) is 1. The van der Waals surface area contributed by atoms with E-state index in [0.717, 1.165) is 36.2 Å². The number of likely N-dealkylation sites (N-methyl/N-ethyl adjacent to an activating group) is 1. The Kier molecular flexibility index (Phi) is 4.30. The van der Waals surface area contributed by atoms with Crippen LogP contribution in [0.15, 0.2) is 30.3 Å². The van der Waals surface area contributed by atoms with Crippen molar-refractivity contribution in [3.05, 3.63) is 47.0 Å². The van der Waals surface area contributed by atoms with Crippen LogP contribution in [0.3, 0.4) is 0 Å². The fraction of sp³-hybridized carbons (Fsp3) is 0.368. The van der Waals surface area contributed by atoms with Gasteiger partial charge in [-0.2, -0.15) is 13.2 Å². The highest BCUT2D eigenvalue weighted by Crippen LogP contribution is 2.49. The van der Waals surface area contributed by atoms with Crippen LogP contribution >= 0.6 is 0 Å². The van der Waals surface area contributed by atoms with E-state index in [1.54, 1.807) is 13.2 Å². The Hall–Kier alpha value is -2.61. The highest BCUT2D eigenvalue weighted by molar-refractivity contribution is 5.63. The summed E-state index contributed by atoms with van der Waals surface area (Å²) in [6.45, 7) is 0.864. The zero-order valence-electron chi connectivity index (χ0n) is 14.9. The second kappa shape index (κ2) is 6.53. The number of fused-ring (bicyclic) bond motifs is 2. The van der Waals surface area contributed by atoms with Gasteiger partial charge in [-0.3, -0.25) is 4.90 Å². The van der Waals surface area contributed by atoms with E-state index in [9.17, 15) is 13.2 Å². The topological polar surface area (TPSA) is 43.0 Å². The molecule has 0 fully saturated rings. The Morgan fingerprint density at radius 1 is 1.22 bits per heavy atom. The molecule has 144 valence electrons. The van der Waals surface area contributed by atoms with Crippen LogP contribution in [0.25, 0.3) is 0 Å². The number of anilines is 1. The third-order valence-corrected chi connectivity index (χ3v) is 4.89. The van der Waals surface area contributed by atoms with Crippen molar-refractivity contribution in [1.29, 1.82) is 0 Å². The maximum Gasteiger partial charge on any atom is 0.416 e. The van der Waals surface area contributed by atoms with Crippen LogP contribution in [0, 0.1) is 0 Å². The Morgan fingerprint density at radius 2 is 2.04 bits per heavy atom. The summed E-state index contributed by atoms with van der Waals surface area (Å²) in [6, 6.07) is 7.11. The van der Waals surface area contributed by atoms with Gasteiger partial charge in [0.15, 0.2) is 11.5 Å². The molecule has 2 aliphatic heterocycles. The number of benzene rings is 2. The number of methoxy groups -OCH3 is 1. The van der Waals surface area contributed by atoms with Gasteiger partial charge in [0.1, 0.15) is 6.17 Å². The largest absolute Gasteiger partial charge is 0.492 e. The molecule has 0 saturated carbocycles. The maximum atomic E-state index is 13.0. The molecule has 8 heteroatoms. The summed E-state index contributed by atoms with van der Waals surface area (Å²) in [5.74, 6) is 1.71. The minimum atomic E-state index is -4.39. The molecule has 4 rings (SSSR count). The quantitative estimate of drug-likeness (QED) is 0.871. The summed E-state index contributed by atoms with van der Waals surface area (Å²) in [5, 5.41) is 3.21. The number of alkyl halides is 3. The van der Waals surface area contributed by atoms with Gasteiger partial charge in [0.25, 0.3) is 0 Å². The molecule has 2 aromatic rings. The second-order valence-electron chi connectivity index (χ2n) is 6.57. The predicted molar refractivity (Wildman–Crippen MR) is 93.3 cm³/mol. The Labute approximate surface area is 154 Å². The van der Waals surface area contributed by atoms with Crippen LogP contribution in [0.2, 0.25) is 0 Å². The van der Waals surface area contributed by atoms with Crippen molar-refractivity contribution in [1.82, 2.24) is 4.90 Å². The normalized spacial score (nSPS) is 18.9. The van der Waals surface area contributed by atoms with Crippen LogP contribution in [0.4, 0.5) is 18.9 Å². The fourth-order valence-corrected chi connectivity index (χ4v) is 3.56. The van der Waals surface area contributed by atoms with Gasteiger partial charge in [0.2, 0.25) is 12.5 Å². The lowest BCUT2D eigenvalue weighted by atomic mass is 9.94. The molecule has 1 N–H and O–H groups in total. The number of hydrogen-bond donors (Lipinski definition) is 1. The minimum absolute atomic E-state index is 0.121. The van der Waals surface area contributed by atoms with Gasteiger partial charge in [-0.1, -0.05) is 6.07 Å². The number of ether oxygens (including phenoxy) is 3. The first-order valence-corrected chi connectivity index (χ1v) is 8.52. The standard InChI is InChI=1S/C19H19F3N2O3/c1-24-7-6-11-8-14-16(27-10-26-14)17(25-2)15(11)18(24)23-13-5-3-4-12(9-13)19(20,21)22/h3-5,8-9,18,23H,6-7,10H2,1-2H3. The van der Waals surface area contributed by atoms with Crippen molar-refractivity contribution in [3.8, 4) is 17.2 Å². The molecule has 1 atom stereocenters. The van der Waals surface area contributed by atoms with Gasteiger partial charge in [-0.15, -0.1) is 0 Å². The molecule has 1 unspecified atom stereocenters. The van der Waals surface area contributed by atoms with E-state index in [1.165, 1.54) is 6.07 Å². The fourth-order valence-electron chi connectivity index (χ4n) is 3.56. The molecule has 2 aliphatic rings. The average Bonchev–Trinajstić information content (AvgIpc) is 3.10. The summed E-state index contributed by atoms with van der Waals surface area (Å²) in [7, 11) is 3.46. The first-order valence-electron chi connectivity index (χ1n) is 8.52. The zero-order valence-corrected chi connectivity index (χ0v) is 14.9. The Balaban J connectivity index is 1.75. The van der Waals surface area contributed by atoms with Crippen LogP contribution in [-0.2, 0) is 12.6 Å². The third-order valence-electron chi connectivity index (χ3n) is 4.89. The van der Waals surface area contributed by atoms with Gasteiger partial charge < -0.3 is 19.5 Å². The van der Waals surface area contributed by atoms with Gasteiger partial charge >= 0.3 is 6.18 Å². The molecular formula is C19H19F3N2O3. The number of hydrogen-bond acceptors (Lipinski definition) is 5. The molecule has 27 heavy (non-hydrogen) atoms. The molecule has 0 spiro atoms. The third kappa shape index (κ3) is 3.14. The average molecular weight is 380 g/mol. The highest BCUT2D eigenvalue weighted by Gasteiger charge is 2.35. The van der Waals surface area contributed by atoms with Crippen molar-refractivity contribution >= 4 is 5.69 Å². The van der Waals surface area contributed by atoms with Crippen molar-refractivity contribution in [2.45, 2.75) is 18.8 Å². The summed E-state index contributed by atoms with van der Waals surface area (Å²) >= 11 is 0. The lowest BCUT2D eigenvalue weighted by Gasteiger charge is -2.36. The monoisotopic (exact) mass is 380 g/mol. The van der Waals surface area contributed by atoms with E-state index in [0.29, 0.717) is 22.9 Å². The molecule has 0 aromatic heterocycles. The van der Waals surface area contributed by atoms with Gasteiger partial charge in [-0.05, 0) is 43.3 Å². The van der Waals surface area contributed by atoms with E-state index in [-0.39, 0.29) is 13.0 Å². The van der Waals surface area contributed by atoms with Crippen LogP contribution < -0.4 is 19.5 Å². The molecule has 5 nitrogen and oxygen atoms in total. The van der Waals surface area contributed by atoms with Crippen molar-refractivity contribution < 1.29 is 27.4 Å². The first-order chi connectivity index (χ1) is 12.9. The lowest BCUT2D eigenvalue weighted by Crippen LogP contribution is -2.37. The molecular weight excluding hydrogens is 361 g/mol. The maximum absolute atomic E-state index is 13.0. The summed E-state index contributed by atoms with van der Waals surface area (Å²) in [6.07, 6.45) is -3.97. The first kappa shape index (κ1) is 17.8. The second-order valence-corrected chi connectivity index (χ2v) is 6.57. The van der Waals surface area contributed by atoms with E-state index in [1.807, 2.05) is 18.0 Å². The summed E-state index contributed by atoms with van der Waals surface area (Å²) < 4.78 is 55.7. The lowest BCUT2D eigenvalue weighted by molar-refractivity contribution is -0.137. The molecule has 0 radical (unpaired) electrons. The van der Waals surface area contributed by atoms with E-state index in [2.05, 4.69) is 5.32 Å². The van der Waals surface area contributed by atoms with Crippen LogP contribution in [-0.4, -0.2) is 32.4 Å². The van der Waals surface area contributed by atoms with Crippen molar-refractivity contribution in [2.24, 2.45) is 0 Å². The van der Waals surface area contributed by atoms with E-state index >= 15 is 0 Å². The molecule has 2 aromatic carbocycles. The minimum Gasteiger partial charge on any atom is -0.492 e. The smallest absolute Gasteiger partial charge is 0.416 e. The summed E-state index contributed by atoms with van der Waals surface area (Å²) in [4.78, 5) is 2.04. The molecule has 0 bridgehead atoms. The molecule has 0 amide bonds. The number of nitrogens with one attached hydrogen (secondary N) is 1. The number of rotatable bonds is 3. The summed E-state index contributed by atoms with van der Waals surface area (Å²) in [5.41, 5.74) is 1.57. The number of halogens is 3. The molecule has 2 heterocycles. The predicted octanol–water partition coefficient (Wildman–Crippen LogP) is 4.04.